The van der Waals surface area contributed by atoms with Crippen molar-refractivity contribution >= 4 is 22.1 Å². The molecule has 154 valence electrons. The normalized spacial score (nSPS) is 22.4. The Bertz CT molecular complexity index is 1440. The lowest BCUT2D eigenvalue weighted by Gasteiger charge is -2.20. The largest absolute Gasteiger partial charge is 0.437 e. The van der Waals surface area contributed by atoms with E-state index in [0.717, 1.165) is 27.6 Å². The standard InChI is InChI=1S/C27H31N2O/c1-17(2)20-14-15-29(4)24(16-20)25-18(3)10-11-21-22-12-13-23(19-8-6-5-7-9-19)28-27(22)30-26(21)25/h10-17,19H,5-9H2,1-4H3/q+1/i8D2,9D2,19D. The number of nitrogens with zero attached hydrogens (tertiary/aromatic N) is 2. The minimum absolute atomic E-state index is 0.0735. The van der Waals surface area contributed by atoms with Gasteiger partial charge in [0.25, 0.3) is 0 Å². The summed E-state index contributed by atoms with van der Waals surface area (Å²) in [6, 6.07) is 11.8. The molecule has 0 saturated heterocycles. The summed E-state index contributed by atoms with van der Waals surface area (Å²) in [7, 11) is 2.01. The molecule has 0 spiro atoms. The number of benzene rings is 1. The van der Waals surface area contributed by atoms with Crippen molar-refractivity contribution in [2.75, 3.05) is 0 Å². The van der Waals surface area contributed by atoms with Gasteiger partial charge in [0, 0.05) is 41.3 Å². The molecule has 0 bridgehead atoms. The molecule has 1 saturated carbocycles. The molecule has 4 aromatic rings. The van der Waals surface area contributed by atoms with E-state index in [2.05, 4.69) is 47.8 Å². The van der Waals surface area contributed by atoms with Crippen LogP contribution in [-0.4, -0.2) is 4.98 Å². The third-order valence-corrected chi connectivity index (χ3v) is 6.03. The number of hydrogen-bond donors (Lipinski definition) is 0. The minimum atomic E-state index is -2.12. The predicted octanol–water partition coefficient (Wildman–Crippen LogP) is 6.95. The fraction of sp³-hybridized carbons (Fsp3) is 0.407. The quantitative estimate of drug-likeness (QED) is 0.346. The van der Waals surface area contributed by atoms with Gasteiger partial charge in [-0.25, -0.2) is 9.55 Å². The van der Waals surface area contributed by atoms with E-state index < -0.39 is 18.6 Å². The van der Waals surface area contributed by atoms with E-state index in [9.17, 15) is 0 Å². The lowest BCUT2D eigenvalue weighted by Crippen LogP contribution is -2.31. The lowest BCUT2D eigenvalue weighted by atomic mass is 9.86. The van der Waals surface area contributed by atoms with Crippen LogP contribution in [0.3, 0.4) is 0 Å². The van der Waals surface area contributed by atoms with Gasteiger partial charge < -0.3 is 4.42 Å². The summed E-state index contributed by atoms with van der Waals surface area (Å²) in [5.41, 5.74) is 5.34. The van der Waals surface area contributed by atoms with Gasteiger partial charge in [0.1, 0.15) is 7.05 Å². The maximum absolute atomic E-state index is 9.02. The predicted molar refractivity (Wildman–Crippen MR) is 123 cm³/mol. The summed E-state index contributed by atoms with van der Waals surface area (Å²) < 4.78 is 51.5. The average molecular weight is 405 g/mol. The van der Waals surface area contributed by atoms with Gasteiger partial charge in [-0.15, -0.1) is 0 Å². The second-order valence-corrected chi connectivity index (χ2v) is 8.48. The first kappa shape index (κ1) is 14.3. The van der Waals surface area contributed by atoms with Gasteiger partial charge in [-0.3, -0.25) is 0 Å². The molecule has 0 N–H and O–H groups in total. The van der Waals surface area contributed by atoms with Crippen LogP contribution in [-0.2, 0) is 7.05 Å². The van der Waals surface area contributed by atoms with Crippen molar-refractivity contribution in [2.24, 2.45) is 7.05 Å². The summed E-state index contributed by atoms with van der Waals surface area (Å²) in [6.07, 6.45) is -1.38. The number of hydrogen-bond acceptors (Lipinski definition) is 2. The number of rotatable bonds is 3. The molecule has 3 nitrogen and oxygen atoms in total. The molecule has 0 aliphatic heterocycles. The number of furan rings is 1. The molecular formula is C27H31N2O+. The van der Waals surface area contributed by atoms with Gasteiger partial charge in [-0.1, -0.05) is 45.2 Å². The van der Waals surface area contributed by atoms with Gasteiger partial charge in [-0.05, 0) is 48.8 Å². The molecule has 1 aliphatic rings. The number of fused-ring (bicyclic) bond motifs is 3. The Morgan fingerprint density at radius 2 is 1.87 bits per heavy atom. The van der Waals surface area contributed by atoms with Crippen LogP contribution in [0, 0.1) is 6.92 Å². The highest BCUT2D eigenvalue weighted by atomic mass is 16.3. The van der Waals surface area contributed by atoms with E-state index in [-0.39, 0.29) is 18.5 Å². The maximum Gasteiger partial charge on any atom is 0.227 e. The van der Waals surface area contributed by atoms with Gasteiger partial charge in [-0.2, -0.15) is 0 Å². The number of pyridine rings is 2. The lowest BCUT2D eigenvalue weighted by molar-refractivity contribution is -0.660. The van der Waals surface area contributed by atoms with E-state index in [1.54, 1.807) is 12.1 Å². The van der Waals surface area contributed by atoms with Crippen molar-refractivity contribution in [1.82, 2.24) is 4.98 Å². The molecule has 30 heavy (non-hydrogen) atoms. The Kier molecular flexibility index (Phi) is 3.60. The monoisotopic (exact) mass is 404 g/mol. The zero-order valence-corrected chi connectivity index (χ0v) is 18.0. The van der Waals surface area contributed by atoms with Crippen molar-refractivity contribution in [3.63, 3.8) is 0 Å². The summed E-state index contributed by atoms with van der Waals surface area (Å²) in [4.78, 5) is 4.59. The zero-order valence-electron chi connectivity index (χ0n) is 23.0. The van der Waals surface area contributed by atoms with Crippen LogP contribution in [0.5, 0.6) is 0 Å². The molecule has 3 heterocycles. The van der Waals surface area contributed by atoms with Crippen molar-refractivity contribution in [3.8, 4) is 11.3 Å². The van der Waals surface area contributed by atoms with Crippen LogP contribution < -0.4 is 4.57 Å². The topological polar surface area (TPSA) is 29.9 Å². The van der Waals surface area contributed by atoms with Crippen molar-refractivity contribution in [3.05, 3.63) is 59.4 Å². The highest BCUT2D eigenvalue weighted by Crippen LogP contribution is 2.38. The highest BCUT2D eigenvalue weighted by molar-refractivity contribution is 6.08. The van der Waals surface area contributed by atoms with Gasteiger partial charge in [0.2, 0.25) is 11.4 Å². The van der Waals surface area contributed by atoms with E-state index in [1.807, 2.05) is 20.0 Å². The minimum Gasteiger partial charge on any atom is -0.437 e. The van der Waals surface area contributed by atoms with E-state index >= 15 is 0 Å². The number of aryl methyl sites for hydroxylation is 2. The van der Waals surface area contributed by atoms with Crippen molar-refractivity contribution in [1.29, 1.82) is 0 Å². The van der Waals surface area contributed by atoms with Crippen molar-refractivity contribution < 1.29 is 15.8 Å². The van der Waals surface area contributed by atoms with Gasteiger partial charge in [0.15, 0.2) is 11.8 Å². The molecule has 3 heteroatoms. The van der Waals surface area contributed by atoms with E-state index in [4.69, 9.17) is 11.3 Å². The molecule has 0 unspecified atom stereocenters. The first-order chi connectivity index (χ1) is 16.4. The molecule has 0 atom stereocenters. The molecule has 3 aromatic heterocycles. The van der Waals surface area contributed by atoms with Gasteiger partial charge in [0.05, 0.1) is 5.56 Å². The van der Waals surface area contributed by atoms with Crippen LogP contribution in [0.1, 0.15) is 81.3 Å². The zero-order chi connectivity index (χ0) is 25.3. The van der Waals surface area contributed by atoms with E-state index in [1.165, 1.54) is 5.56 Å². The second kappa shape index (κ2) is 7.54. The highest BCUT2D eigenvalue weighted by Gasteiger charge is 2.23. The van der Waals surface area contributed by atoms with E-state index in [0.29, 0.717) is 23.6 Å². The fourth-order valence-electron chi connectivity index (χ4n) is 4.23. The molecule has 1 aromatic carbocycles. The fourth-order valence-corrected chi connectivity index (χ4v) is 4.23. The van der Waals surface area contributed by atoms with Crippen LogP contribution in [0.25, 0.3) is 33.3 Å². The Morgan fingerprint density at radius 1 is 1.10 bits per heavy atom. The van der Waals surface area contributed by atoms with Crippen LogP contribution in [0.4, 0.5) is 0 Å². The Balaban J connectivity index is 1.76. The molecule has 5 rings (SSSR count). The first-order valence-electron chi connectivity index (χ1n) is 13.2. The van der Waals surface area contributed by atoms with Crippen LogP contribution in [0.15, 0.2) is 47.0 Å². The Labute approximate surface area is 185 Å². The third kappa shape index (κ3) is 3.21. The van der Waals surface area contributed by atoms with Crippen molar-refractivity contribution in [2.45, 2.75) is 64.6 Å². The Morgan fingerprint density at radius 3 is 2.63 bits per heavy atom. The molecule has 1 aliphatic carbocycles. The van der Waals surface area contributed by atoms with Crippen LogP contribution in [0.2, 0.25) is 0 Å². The summed E-state index contributed by atoms with van der Waals surface area (Å²) in [5.74, 6) is -1.74. The maximum atomic E-state index is 9.02. The SMILES string of the molecule is [2H]C1([2H])CCCC([2H])([2H])C1([2H])c1ccc2c(n1)oc1c(-c3cc(C(C)C)cc[n+]3C)c(C)ccc12. The molecule has 0 radical (unpaired) electrons. The summed E-state index contributed by atoms with van der Waals surface area (Å²) in [5, 5.41) is 1.66. The molecule has 0 amide bonds. The first-order valence-corrected chi connectivity index (χ1v) is 10.7. The average Bonchev–Trinajstić information content (AvgIpc) is 3.15. The third-order valence-electron chi connectivity index (χ3n) is 6.03. The Hall–Kier alpha value is -2.68. The summed E-state index contributed by atoms with van der Waals surface area (Å²) >= 11 is 0. The molecular weight excluding hydrogens is 368 g/mol. The van der Waals surface area contributed by atoms with Crippen LogP contribution >= 0.6 is 0 Å². The molecule has 1 fully saturated rings. The number of aromatic nitrogens is 2. The second-order valence-electron chi connectivity index (χ2n) is 8.48. The summed E-state index contributed by atoms with van der Waals surface area (Å²) in [6.45, 7) is 6.38. The smallest absolute Gasteiger partial charge is 0.227 e. The van der Waals surface area contributed by atoms with Gasteiger partial charge >= 0.3 is 0 Å².